The molecular formula is C25H38O2. The van der Waals surface area contributed by atoms with Crippen LogP contribution in [0.15, 0.2) is 11.1 Å². The molecule has 0 amide bonds. The molecule has 0 aliphatic heterocycles. The first-order valence-electron chi connectivity index (χ1n) is 11.4. The fourth-order valence-corrected chi connectivity index (χ4v) is 8.08. The first-order chi connectivity index (χ1) is 12.7. The highest BCUT2D eigenvalue weighted by Gasteiger charge is 2.58. The van der Waals surface area contributed by atoms with Crippen LogP contribution in [0.5, 0.6) is 0 Å². The molecule has 0 aromatic rings. The van der Waals surface area contributed by atoms with Crippen molar-refractivity contribution >= 4 is 12.1 Å². The summed E-state index contributed by atoms with van der Waals surface area (Å²) in [6, 6.07) is 0. The van der Waals surface area contributed by atoms with E-state index in [9.17, 15) is 9.59 Å². The number of allylic oxidation sites excluding steroid dienone is 2. The Labute approximate surface area is 165 Å². The first kappa shape index (κ1) is 19.4. The lowest BCUT2D eigenvalue weighted by Crippen LogP contribution is -2.50. The average molecular weight is 371 g/mol. The highest BCUT2D eigenvalue weighted by Crippen LogP contribution is 2.68. The molecular weight excluding hydrogens is 332 g/mol. The van der Waals surface area contributed by atoms with Crippen molar-refractivity contribution in [3.05, 3.63) is 11.1 Å². The molecule has 4 aliphatic rings. The minimum atomic E-state index is 0.185. The number of ketones is 1. The van der Waals surface area contributed by atoms with E-state index in [1.165, 1.54) is 38.5 Å². The summed E-state index contributed by atoms with van der Waals surface area (Å²) in [5.74, 6) is 2.67. The fraction of sp³-hybridized carbons (Fsp3) is 0.840. The topological polar surface area (TPSA) is 34.1 Å². The number of fused-ring (bicyclic) bond motifs is 4. The zero-order chi connectivity index (χ0) is 19.4. The molecule has 0 heterocycles. The van der Waals surface area contributed by atoms with Gasteiger partial charge in [0.15, 0.2) is 0 Å². The maximum Gasteiger partial charge on any atom is 0.133 e. The molecule has 0 bridgehead atoms. The van der Waals surface area contributed by atoms with E-state index < -0.39 is 0 Å². The molecule has 4 aliphatic carbocycles. The zero-order valence-electron chi connectivity index (χ0n) is 17.9. The molecule has 2 nitrogen and oxygen atoms in total. The van der Waals surface area contributed by atoms with Gasteiger partial charge in [0, 0.05) is 19.3 Å². The first-order valence-corrected chi connectivity index (χ1v) is 11.4. The van der Waals surface area contributed by atoms with Crippen LogP contribution in [0, 0.1) is 34.0 Å². The molecule has 0 aromatic heterocycles. The van der Waals surface area contributed by atoms with Gasteiger partial charge in [0.05, 0.1) is 0 Å². The predicted octanol–water partition coefficient (Wildman–Crippen LogP) is 6.28. The van der Waals surface area contributed by atoms with Crippen molar-refractivity contribution in [3.8, 4) is 0 Å². The fourth-order valence-electron chi connectivity index (χ4n) is 8.08. The van der Waals surface area contributed by atoms with Crippen LogP contribution in [0.1, 0.15) is 98.3 Å². The van der Waals surface area contributed by atoms with E-state index in [-0.39, 0.29) is 10.8 Å². The third-order valence-corrected chi connectivity index (χ3v) is 9.99. The van der Waals surface area contributed by atoms with Crippen LogP contribution in [-0.4, -0.2) is 12.1 Å². The number of carbonyl (C=O) groups is 2. The summed E-state index contributed by atoms with van der Waals surface area (Å²) in [6.07, 6.45) is 13.2. The van der Waals surface area contributed by atoms with Crippen LogP contribution < -0.4 is 0 Å². The smallest absolute Gasteiger partial charge is 0.133 e. The van der Waals surface area contributed by atoms with Gasteiger partial charge in [-0.15, -0.1) is 0 Å². The van der Waals surface area contributed by atoms with Crippen LogP contribution >= 0.6 is 0 Å². The van der Waals surface area contributed by atoms with Crippen LogP contribution in [0.4, 0.5) is 0 Å². The summed E-state index contributed by atoms with van der Waals surface area (Å²) in [4.78, 5) is 23.1. The van der Waals surface area contributed by atoms with Crippen molar-refractivity contribution in [2.45, 2.75) is 98.3 Å². The van der Waals surface area contributed by atoms with Gasteiger partial charge in [-0.3, -0.25) is 4.79 Å². The Morgan fingerprint density at radius 3 is 2.59 bits per heavy atom. The molecule has 2 fully saturated rings. The number of aldehydes is 1. The van der Waals surface area contributed by atoms with Crippen molar-refractivity contribution in [2.24, 2.45) is 34.0 Å². The van der Waals surface area contributed by atoms with E-state index in [1.54, 1.807) is 5.57 Å². The maximum absolute atomic E-state index is 12.2. The van der Waals surface area contributed by atoms with E-state index >= 15 is 0 Å². The second kappa shape index (κ2) is 6.56. The Bertz CT molecular complexity index is 676. The predicted molar refractivity (Wildman–Crippen MR) is 109 cm³/mol. The Hall–Kier alpha value is -0.920. The van der Waals surface area contributed by atoms with E-state index in [4.69, 9.17) is 0 Å². The largest absolute Gasteiger partial charge is 0.303 e. The number of Topliss-reactive ketones (excluding diaryl/α,β-unsaturated/α-hetero) is 1. The molecule has 150 valence electrons. The summed E-state index contributed by atoms with van der Waals surface area (Å²) in [6.45, 7) is 9.85. The van der Waals surface area contributed by atoms with Crippen molar-refractivity contribution in [2.75, 3.05) is 0 Å². The van der Waals surface area contributed by atoms with E-state index in [0.29, 0.717) is 17.1 Å². The van der Waals surface area contributed by atoms with Crippen LogP contribution in [-0.2, 0) is 9.59 Å². The van der Waals surface area contributed by atoms with Crippen molar-refractivity contribution in [1.29, 1.82) is 0 Å². The second-order valence-corrected chi connectivity index (χ2v) is 11.1. The quantitative estimate of drug-likeness (QED) is 0.431. The Morgan fingerprint density at radius 2 is 1.85 bits per heavy atom. The Balaban J connectivity index is 1.65. The lowest BCUT2D eigenvalue weighted by Gasteiger charge is -2.59. The van der Waals surface area contributed by atoms with Gasteiger partial charge in [-0.1, -0.05) is 38.8 Å². The Morgan fingerprint density at radius 1 is 1.07 bits per heavy atom. The highest BCUT2D eigenvalue weighted by atomic mass is 16.1. The SMILES string of the molecule is C[C@H](CCC=O)[C@H]1CC[C@H]2C3=C(CC[C@]12C)[C@@]1(C)CCC(=O)C[C@@]1(C)CC3. The van der Waals surface area contributed by atoms with Gasteiger partial charge >= 0.3 is 0 Å². The van der Waals surface area contributed by atoms with E-state index in [2.05, 4.69) is 27.7 Å². The number of hydrogen-bond donors (Lipinski definition) is 0. The lowest BCUT2D eigenvalue weighted by atomic mass is 9.45. The molecule has 0 aromatic carbocycles. The summed E-state index contributed by atoms with van der Waals surface area (Å²) < 4.78 is 0. The standard InChI is InChI=1S/C25H38O2/c1-17(6-5-15-26)20-7-8-21-19-10-12-23(2)16-18(27)9-14-25(23,4)22(19)11-13-24(20,21)3/h15,17,20-21H,5-14,16H2,1-4H3/t17-,20-,21+,23-,24-,25-/m1/s1. The zero-order valence-corrected chi connectivity index (χ0v) is 17.9. The van der Waals surface area contributed by atoms with E-state index in [1.807, 2.05) is 5.57 Å². The minimum absolute atomic E-state index is 0.185. The van der Waals surface area contributed by atoms with Gasteiger partial charge in [-0.25, -0.2) is 0 Å². The van der Waals surface area contributed by atoms with Crippen molar-refractivity contribution < 1.29 is 9.59 Å². The second-order valence-electron chi connectivity index (χ2n) is 11.1. The van der Waals surface area contributed by atoms with Crippen molar-refractivity contribution in [3.63, 3.8) is 0 Å². The molecule has 0 N–H and O–H groups in total. The van der Waals surface area contributed by atoms with Gasteiger partial charge in [-0.2, -0.15) is 0 Å². The normalized spacial score (nSPS) is 45.1. The third-order valence-electron chi connectivity index (χ3n) is 9.99. The molecule has 27 heavy (non-hydrogen) atoms. The molecule has 2 saturated carbocycles. The highest BCUT2D eigenvalue weighted by molar-refractivity contribution is 5.80. The Kier molecular flexibility index (Phi) is 4.71. The maximum atomic E-state index is 12.2. The van der Waals surface area contributed by atoms with Gasteiger partial charge in [0.2, 0.25) is 0 Å². The number of carbonyl (C=O) groups excluding carboxylic acids is 2. The van der Waals surface area contributed by atoms with Crippen molar-refractivity contribution in [1.82, 2.24) is 0 Å². The molecule has 4 rings (SSSR count). The lowest BCUT2D eigenvalue weighted by molar-refractivity contribution is -0.129. The van der Waals surface area contributed by atoms with Crippen LogP contribution in [0.3, 0.4) is 0 Å². The number of rotatable bonds is 4. The number of hydrogen-bond acceptors (Lipinski definition) is 2. The summed E-state index contributed by atoms with van der Waals surface area (Å²) >= 11 is 0. The third kappa shape index (κ3) is 2.72. The molecule has 0 saturated heterocycles. The van der Waals surface area contributed by atoms with Gasteiger partial charge in [0.25, 0.3) is 0 Å². The van der Waals surface area contributed by atoms with Gasteiger partial charge < -0.3 is 4.79 Å². The van der Waals surface area contributed by atoms with E-state index in [0.717, 1.165) is 50.2 Å². The molecule has 6 atom stereocenters. The summed E-state index contributed by atoms with van der Waals surface area (Å²) in [5, 5.41) is 0. The molecule has 2 heteroatoms. The van der Waals surface area contributed by atoms with Gasteiger partial charge in [-0.05, 0) is 85.4 Å². The summed E-state index contributed by atoms with van der Waals surface area (Å²) in [5.41, 5.74) is 4.44. The average Bonchev–Trinajstić information content (AvgIpc) is 2.98. The molecule has 0 spiro atoms. The molecule has 0 unspecified atom stereocenters. The summed E-state index contributed by atoms with van der Waals surface area (Å²) in [7, 11) is 0. The van der Waals surface area contributed by atoms with Gasteiger partial charge in [0.1, 0.15) is 12.1 Å². The minimum Gasteiger partial charge on any atom is -0.303 e. The monoisotopic (exact) mass is 370 g/mol. The molecule has 0 radical (unpaired) electrons. The van der Waals surface area contributed by atoms with Crippen LogP contribution in [0.25, 0.3) is 0 Å². The van der Waals surface area contributed by atoms with Crippen LogP contribution in [0.2, 0.25) is 0 Å².